The predicted molar refractivity (Wildman–Crippen MR) is 104 cm³/mol. The zero-order valence-corrected chi connectivity index (χ0v) is 14.6. The summed E-state index contributed by atoms with van der Waals surface area (Å²) in [7, 11) is 0. The summed E-state index contributed by atoms with van der Waals surface area (Å²) in [6.45, 7) is 8.13. The van der Waals surface area contributed by atoms with Gasteiger partial charge in [-0.15, -0.1) is 0 Å². The van der Waals surface area contributed by atoms with E-state index in [0.717, 1.165) is 28.4 Å². The molecule has 25 heavy (non-hydrogen) atoms. The molecule has 0 saturated heterocycles. The molecule has 0 amide bonds. The fourth-order valence-corrected chi connectivity index (χ4v) is 2.94. The Kier molecular flexibility index (Phi) is 5.14. The quantitative estimate of drug-likeness (QED) is 0.258. The molecular weight excluding hydrogens is 308 g/mol. The van der Waals surface area contributed by atoms with E-state index in [9.17, 15) is 0 Å². The minimum absolute atomic E-state index is 0.404. The zero-order chi connectivity index (χ0) is 17.6. The molecule has 0 atom stereocenters. The van der Waals surface area contributed by atoms with Gasteiger partial charge in [-0.1, -0.05) is 66.3 Å². The van der Waals surface area contributed by atoms with Gasteiger partial charge in [0.05, 0.1) is 11.4 Å². The lowest BCUT2D eigenvalue weighted by atomic mass is 10.1. The Bertz CT molecular complexity index is 877. The van der Waals surface area contributed by atoms with Gasteiger partial charge in [0.1, 0.15) is 6.61 Å². The van der Waals surface area contributed by atoms with Crippen LogP contribution < -0.4 is 0 Å². The highest BCUT2D eigenvalue weighted by Crippen LogP contribution is 2.29. The standard InChI is InChI=1S/C22H22N2O/c1-4-15-25-23-17(2)21-16-22(19-11-7-5-8-12-19)24(18(21)3)20-13-9-6-10-14-20/h4-14,16H,1,15H2,2-3H3/b23-17-. The van der Waals surface area contributed by atoms with Crippen molar-refractivity contribution in [2.75, 3.05) is 6.61 Å². The molecule has 0 N–H and O–H groups in total. The van der Waals surface area contributed by atoms with Crippen molar-refractivity contribution in [2.24, 2.45) is 5.16 Å². The lowest BCUT2D eigenvalue weighted by Crippen LogP contribution is -2.02. The van der Waals surface area contributed by atoms with E-state index in [0.29, 0.717) is 6.61 Å². The van der Waals surface area contributed by atoms with E-state index in [2.05, 4.69) is 77.8 Å². The van der Waals surface area contributed by atoms with E-state index >= 15 is 0 Å². The van der Waals surface area contributed by atoms with Crippen molar-refractivity contribution in [3.63, 3.8) is 0 Å². The first kappa shape index (κ1) is 16.8. The number of hydrogen-bond acceptors (Lipinski definition) is 2. The van der Waals surface area contributed by atoms with Gasteiger partial charge in [0.15, 0.2) is 0 Å². The van der Waals surface area contributed by atoms with Crippen molar-refractivity contribution >= 4 is 5.71 Å². The molecule has 3 rings (SSSR count). The van der Waals surface area contributed by atoms with Gasteiger partial charge in [-0.25, -0.2) is 0 Å². The van der Waals surface area contributed by atoms with E-state index in [4.69, 9.17) is 4.84 Å². The summed E-state index contributed by atoms with van der Waals surface area (Å²) in [5, 5.41) is 4.22. The molecule has 126 valence electrons. The number of oxime groups is 1. The van der Waals surface area contributed by atoms with Crippen molar-refractivity contribution < 1.29 is 4.84 Å². The van der Waals surface area contributed by atoms with E-state index in [-0.39, 0.29) is 0 Å². The van der Waals surface area contributed by atoms with Gasteiger partial charge in [0.2, 0.25) is 0 Å². The smallest absolute Gasteiger partial charge is 0.135 e. The lowest BCUT2D eigenvalue weighted by molar-refractivity contribution is 0.175. The average molecular weight is 330 g/mol. The third-order valence-electron chi connectivity index (χ3n) is 4.11. The molecule has 0 aliphatic rings. The summed E-state index contributed by atoms with van der Waals surface area (Å²) in [5.74, 6) is 0. The largest absolute Gasteiger partial charge is 0.391 e. The van der Waals surface area contributed by atoms with Crippen LogP contribution in [0.15, 0.2) is 84.5 Å². The van der Waals surface area contributed by atoms with Gasteiger partial charge in [-0.05, 0) is 37.6 Å². The van der Waals surface area contributed by atoms with Crippen LogP contribution in [0, 0.1) is 6.92 Å². The van der Waals surface area contributed by atoms with Crippen molar-refractivity contribution in [3.05, 3.63) is 90.6 Å². The van der Waals surface area contributed by atoms with E-state index < -0.39 is 0 Å². The maximum Gasteiger partial charge on any atom is 0.135 e. The molecule has 3 heteroatoms. The van der Waals surface area contributed by atoms with Gasteiger partial charge >= 0.3 is 0 Å². The molecule has 0 radical (unpaired) electrons. The van der Waals surface area contributed by atoms with Gasteiger partial charge in [0, 0.05) is 16.9 Å². The maximum absolute atomic E-state index is 5.28. The van der Waals surface area contributed by atoms with Crippen molar-refractivity contribution in [3.8, 4) is 16.9 Å². The van der Waals surface area contributed by atoms with Crippen LogP contribution in [0.4, 0.5) is 0 Å². The molecule has 0 aliphatic heterocycles. The Balaban J connectivity index is 2.15. The normalized spacial score (nSPS) is 11.4. The number of aromatic nitrogens is 1. The van der Waals surface area contributed by atoms with Gasteiger partial charge in [-0.3, -0.25) is 0 Å². The van der Waals surface area contributed by atoms with Crippen LogP contribution in [0.2, 0.25) is 0 Å². The van der Waals surface area contributed by atoms with Crippen LogP contribution in [-0.4, -0.2) is 16.9 Å². The Hall–Kier alpha value is -3.07. The van der Waals surface area contributed by atoms with Crippen LogP contribution in [0.1, 0.15) is 18.2 Å². The third kappa shape index (κ3) is 3.56. The minimum Gasteiger partial charge on any atom is -0.391 e. The van der Waals surface area contributed by atoms with Crippen molar-refractivity contribution in [1.82, 2.24) is 4.57 Å². The van der Waals surface area contributed by atoms with Crippen LogP contribution in [0.3, 0.4) is 0 Å². The number of hydrogen-bond donors (Lipinski definition) is 0. The first-order valence-electron chi connectivity index (χ1n) is 8.33. The van der Waals surface area contributed by atoms with E-state index in [1.807, 2.05) is 19.1 Å². The van der Waals surface area contributed by atoms with Crippen molar-refractivity contribution in [2.45, 2.75) is 13.8 Å². The zero-order valence-electron chi connectivity index (χ0n) is 14.6. The maximum atomic E-state index is 5.28. The van der Waals surface area contributed by atoms with Crippen LogP contribution in [0.25, 0.3) is 16.9 Å². The summed E-state index contributed by atoms with van der Waals surface area (Å²) < 4.78 is 2.26. The minimum atomic E-state index is 0.404. The topological polar surface area (TPSA) is 26.5 Å². The Labute approximate surface area is 148 Å². The van der Waals surface area contributed by atoms with Crippen LogP contribution in [0.5, 0.6) is 0 Å². The number of nitrogens with zero attached hydrogens (tertiary/aromatic N) is 2. The molecule has 0 aliphatic carbocycles. The highest BCUT2D eigenvalue weighted by atomic mass is 16.6. The van der Waals surface area contributed by atoms with E-state index in [1.54, 1.807) is 6.08 Å². The molecule has 1 aromatic heterocycles. The third-order valence-corrected chi connectivity index (χ3v) is 4.11. The van der Waals surface area contributed by atoms with Gasteiger partial charge in [0.25, 0.3) is 0 Å². The number of benzene rings is 2. The average Bonchev–Trinajstić information content (AvgIpc) is 3.00. The predicted octanol–water partition coefficient (Wildman–Crippen LogP) is 5.38. The van der Waals surface area contributed by atoms with Crippen LogP contribution in [-0.2, 0) is 4.84 Å². The van der Waals surface area contributed by atoms with Gasteiger partial charge < -0.3 is 9.40 Å². The molecular formula is C22H22N2O. The molecule has 1 heterocycles. The fraction of sp³-hybridized carbons (Fsp3) is 0.136. The molecule has 0 fully saturated rings. The Morgan fingerprint density at radius 1 is 1.08 bits per heavy atom. The highest BCUT2D eigenvalue weighted by Gasteiger charge is 2.16. The Morgan fingerprint density at radius 3 is 2.36 bits per heavy atom. The SMILES string of the molecule is C=CCO/N=C(/C)c1cc(-c2ccccc2)n(-c2ccccc2)c1C. The summed E-state index contributed by atoms with van der Waals surface area (Å²) in [6.07, 6.45) is 1.69. The second-order valence-corrected chi connectivity index (χ2v) is 5.83. The van der Waals surface area contributed by atoms with Crippen LogP contribution >= 0.6 is 0 Å². The summed E-state index contributed by atoms with van der Waals surface area (Å²) in [4.78, 5) is 5.28. The molecule has 3 aromatic rings. The molecule has 2 aromatic carbocycles. The van der Waals surface area contributed by atoms with Gasteiger partial charge in [-0.2, -0.15) is 0 Å². The second-order valence-electron chi connectivity index (χ2n) is 5.83. The first-order chi connectivity index (χ1) is 12.2. The second kappa shape index (κ2) is 7.67. The number of rotatable bonds is 6. The molecule has 3 nitrogen and oxygen atoms in total. The summed E-state index contributed by atoms with van der Waals surface area (Å²) >= 11 is 0. The lowest BCUT2D eigenvalue weighted by Gasteiger charge is -2.12. The number of para-hydroxylation sites is 1. The monoisotopic (exact) mass is 330 g/mol. The summed E-state index contributed by atoms with van der Waals surface area (Å²) in [6, 6.07) is 22.9. The Morgan fingerprint density at radius 2 is 1.72 bits per heavy atom. The molecule has 0 bridgehead atoms. The molecule has 0 saturated carbocycles. The fourth-order valence-electron chi connectivity index (χ4n) is 2.94. The summed E-state index contributed by atoms with van der Waals surface area (Å²) in [5.41, 5.74) is 6.49. The van der Waals surface area contributed by atoms with E-state index in [1.165, 1.54) is 5.56 Å². The molecule has 0 unspecified atom stereocenters. The van der Waals surface area contributed by atoms with Crippen molar-refractivity contribution in [1.29, 1.82) is 0 Å². The highest BCUT2D eigenvalue weighted by molar-refractivity contribution is 6.01. The molecule has 0 spiro atoms. The first-order valence-corrected chi connectivity index (χ1v) is 8.33.